The second-order valence-corrected chi connectivity index (χ2v) is 11.0. The topological polar surface area (TPSA) is 86.0 Å². The SMILES string of the molecule is CC[C@@H](CN(Cc1cccc(Cl)c1Cl)C(=S)NCC(C)C)NC(=O)Cc1cncn1Cc1ccc(C#N)cc1. The maximum atomic E-state index is 13.1. The van der Waals surface area contributed by atoms with Gasteiger partial charge in [0.05, 0.1) is 34.4 Å². The number of carbonyl (C=O) groups is 1. The van der Waals surface area contributed by atoms with Gasteiger partial charge < -0.3 is 20.1 Å². The van der Waals surface area contributed by atoms with Crippen molar-refractivity contribution in [2.45, 2.75) is 52.7 Å². The van der Waals surface area contributed by atoms with Crippen LogP contribution in [-0.4, -0.2) is 44.6 Å². The number of nitriles is 1. The van der Waals surface area contributed by atoms with Crippen LogP contribution in [0, 0.1) is 17.2 Å². The highest BCUT2D eigenvalue weighted by Gasteiger charge is 2.20. The predicted molar refractivity (Wildman–Crippen MR) is 161 cm³/mol. The van der Waals surface area contributed by atoms with Crippen LogP contribution in [0.2, 0.25) is 10.0 Å². The van der Waals surface area contributed by atoms with Gasteiger partial charge in [-0.15, -0.1) is 0 Å². The molecule has 2 N–H and O–H groups in total. The molecule has 0 unspecified atom stereocenters. The van der Waals surface area contributed by atoms with Crippen LogP contribution in [0.5, 0.6) is 0 Å². The van der Waals surface area contributed by atoms with Crippen molar-refractivity contribution in [1.29, 1.82) is 5.26 Å². The predicted octanol–water partition coefficient (Wildman–Crippen LogP) is 5.58. The molecule has 0 saturated heterocycles. The molecule has 0 radical (unpaired) electrons. The molecule has 0 fully saturated rings. The van der Waals surface area contributed by atoms with Gasteiger partial charge in [0, 0.05) is 44.1 Å². The fraction of sp³-hybridized carbons (Fsp3) is 0.379. The van der Waals surface area contributed by atoms with Crippen molar-refractivity contribution in [2.75, 3.05) is 13.1 Å². The van der Waals surface area contributed by atoms with Gasteiger partial charge >= 0.3 is 0 Å². The lowest BCUT2D eigenvalue weighted by Gasteiger charge is -2.31. The van der Waals surface area contributed by atoms with Crippen LogP contribution in [0.25, 0.3) is 0 Å². The van der Waals surface area contributed by atoms with Gasteiger partial charge in [0.1, 0.15) is 0 Å². The molecule has 1 atom stereocenters. The van der Waals surface area contributed by atoms with E-state index in [2.05, 4.69) is 35.5 Å². The van der Waals surface area contributed by atoms with E-state index in [1.165, 1.54) is 0 Å². The third kappa shape index (κ3) is 9.24. The summed E-state index contributed by atoms with van der Waals surface area (Å²) in [6, 6.07) is 14.9. The molecule has 7 nitrogen and oxygen atoms in total. The first-order valence-corrected chi connectivity index (χ1v) is 14.1. The molecule has 0 aliphatic rings. The Kier molecular flexibility index (Phi) is 11.6. The lowest BCUT2D eigenvalue weighted by atomic mass is 10.1. The number of rotatable bonds is 12. The molecule has 0 bridgehead atoms. The second kappa shape index (κ2) is 14.9. The summed E-state index contributed by atoms with van der Waals surface area (Å²) in [6.07, 6.45) is 4.35. The number of hydrogen-bond acceptors (Lipinski definition) is 4. The molecule has 0 aliphatic carbocycles. The number of benzene rings is 2. The van der Waals surface area contributed by atoms with Gasteiger partial charge in [-0.3, -0.25) is 4.79 Å². The average Bonchev–Trinajstić information content (AvgIpc) is 3.35. The van der Waals surface area contributed by atoms with Crippen molar-refractivity contribution in [1.82, 2.24) is 25.1 Å². The Balaban J connectivity index is 1.67. The molecule has 0 spiro atoms. The van der Waals surface area contributed by atoms with Crippen molar-refractivity contribution in [3.8, 4) is 6.07 Å². The third-order valence-electron chi connectivity index (χ3n) is 6.22. The molecule has 2 aromatic carbocycles. The summed E-state index contributed by atoms with van der Waals surface area (Å²) in [5.74, 6) is 0.334. The molecule has 206 valence electrons. The van der Waals surface area contributed by atoms with Crippen LogP contribution in [0.15, 0.2) is 55.0 Å². The van der Waals surface area contributed by atoms with E-state index in [0.29, 0.717) is 46.3 Å². The summed E-state index contributed by atoms with van der Waals surface area (Å²) in [7, 11) is 0. The van der Waals surface area contributed by atoms with Gasteiger partial charge in [-0.25, -0.2) is 4.98 Å². The van der Waals surface area contributed by atoms with Crippen molar-refractivity contribution < 1.29 is 4.79 Å². The maximum absolute atomic E-state index is 13.1. The van der Waals surface area contributed by atoms with Crippen molar-refractivity contribution in [3.63, 3.8) is 0 Å². The highest BCUT2D eigenvalue weighted by atomic mass is 35.5. The van der Waals surface area contributed by atoms with Crippen LogP contribution < -0.4 is 10.6 Å². The van der Waals surface area contributed by atoms with E-state index in [-0.39, 0.29) is 18.4 Å². The fourth-order valence-corrected chi connectivity index (χ4v) is 4.61. The number of nitrogens with zero attached hydrogens (tertiary/aromatic N) is 4. The quantitative estimate of drug-likeness (QED) is 0.270. The average molecular weight is 586 g/mol. The second-order valence-electron chi connectivity index (χ2n) is 9.84. The highest BCUT2D eigenvalue weighted by molar-refractivity contribution is 7.80. The number of nitrogens with one attached hydrogen (secondary N) is 2. The smallest absolute Gasteiger partial charge is 0.226 e. The number of thiocarbonyl (C=S) groups is 1. The Hall–Kier alpha value is -3.12. The number of amides is 1. The van der Waals surface area contributed by atoms with E-state index < -0.39 is 0 Å². The number of carbonyl (C=O) groups excluding carboxylic acids is 1. The summed E-state index contributed by atoms with van der Waals surface area (Å²) in [4.78, 5) is 19.4. The van der Waals surface area contributed by atoms with E-state index in [1.54, 1.807) is 30.7 Å². The summed E-state index contributed by atoms with van der Waals surface area (Å²) < 4.78 is 1.94. The molecule has 1 aromatic heterocycles. The Morgan fingerprint density at radius 2 is 1.95 bits per heavy atom. The Labute approximate surface area is 246 Å². The molecular formula is C29H34Cl2N6OS. The minimum Gasteiger partial charge on any atom is -0.362 e. The zero-order valence-electron chi connectivity index (χ0n) is 22.5. The number of hydrogen-bond donors (Lipinski definition) is 2. The largest absolute Gasteiger partial charge is 0.362 e. The molecular weight excluding hydrogens is 551 g/mol. The molecule has 1 heterocycles. The minimum absolute atomic E-state index is 0.0924. The van der Waals surface area contributed by atoms with Gasteiger partial charge in [0.2, 0.25) is 5.91 Å². The summed E-state index contributed by atoms with van der Waals surface area (Å²) >= 11 is 18.5. The summed E-state index contributed by atoms with van der Waals surface area (Å²) in [5.41, 5.74) is 3.31. The first-order valence-electron chi connectivity index (χ1n) is 12.9. The van der Waals surface area contributed by atoms with Crippen LogP contribution in [0.1, 0.15) is 49.6 Å². The number of aromatic nitrogens is 2. The third-order valence-corrected chi connectivity index (χ3v) is 7.48. The van der Waals surface area contributed by atoms with Crippen LogP contribution in [-0.2, 0) is 24.3 Å². The van der Waals surface area contributed by atoms with E-state index in [9.17, 15) is 4.79 Å². The van der Waals surface area contributed by atoms with E-state index >= 15 is 0 Å². The molecule has 39 heavy (non-hydrogen) atoms. The zero-order valence-corrected chi connectivity index (χ0v) is 24.8. The Morgan fingerprint density at radius 1 is 1.21 bits per heavy atom. The van der Waals surface area contributed by atoms with Crippen LogP contribution in [0.4, 0.5) is 0 Å². The normalized spacial score (nSPS) is 11.6. The van der Waals surface area contributed by atoms with Crippen molar-refractivity contribution in [3.05, 3.63) is 87.4 Å². The molecule has 10 heteroatoms. The standard InChI is InChI=1S/C29H34Cl2N6OS/c1-4-24(18-36(29(39)34-14-20(2)3)17-23-6-5-7-26(30)28(23)31)35-27(38)12-25-15-33-19-37(25)16-22-10-8-21(13-32)9-11-22/h5-11,15,19-20,24H,4,12,14,16-18H2,1-3H3,(H,34,39)(H,35,38)/t24-/m0/s1. The summed E-state index contributed by atoms with van der Waals surface area (Å²) in [5, 5.41) is 17.1. The maximum Gasteiger partial charge on any atom is 0.226 e. The van der Waals surface area contributed by atoms with Crippen molar-refractivity contribution in [2.24, 2.45) is 5.92 Å². The van der Waals surface area contributed by atoms with E-state index in [0.717, 1.165) is 29.8 Å². The van der Waals surface area contributed by atoms with Crippen LogP contribution in [0.3, 0.4) is 0 Å². The van der Waals surface area contributed by atoms with Gasteiger partial charge in [0.15, 0.2) is 5.11 Å². The first kappa shape index (κ1) is 30.4. The molecule has 3 rings (SSSR count). The van der Waals surface area contributed by atoms with Crippen molar-refractivity contribution >= 4 is 46.4 Å². The molecule has 1 amide bonds. The Bertz CT molecular complexity index is 1300. The monoisotopic (exact) mass is 584 g/mol. The lowest BCUT2D eigenvalue weighted by molar-refractivity contribution is -0.121. The number of imidazole rings is 1. The van der Waals surface area contributed by atoms with Gasteiger partial charge in [-0.2, -0.15) is 5.26 Å². The van der Waals surface area contributed by atoms with Gasteiger partial charge in [0.25, 0.3) is 0 Å². The zero-order chi connectivity index (χ0) is 28.4. The lowest BCUT2D eigenvalue weighted by Crippen LogP contribution is -2.49. The van der Waals surface area contributed by atoms with E-state index in [4.69, 9.17) is 40.7 Å². The van der Waals surface area contributed by atoms with Crippen LogP contribution >= 0.6 is 35.4 Å². The highest BCUT2D eigenvalue weighted by Crippen LogP contribution is 2.26. The van der Waals surface area contributed by atoms with Gasteiger partial charge in [-0.05, 0) is 53.9 Å². The minimum atomic E-state index is -0.135. The molecule has 3 aromatic rings. The molecule has 0 saturated carbocycles. The first-order chi connectivity index (χ1) is 18.7. The van der Waals surface area contributed by atoms with E-state index in [1.807, 2.05) is 40.7 Å². The number of halogens is 2. The van der Waals surface area contributed by atoms with Gasteiger partial charge in [-0.1, -0.05) is 68.2 Å². The summed E-state index contributed by atoms with van der Waals surface area (Å²) in [6.45, 7) is 8.56. The molecule has 0 aliphatic heterocycles. The Morgan fingerprint density at radius 3 is 2.62 bits per heavy atom. The fourth-order valence-electron chi connectivity index (χ4n) is 4.00.